The van der Waals surface area contributed by atoms with Gasteiger partial charge in [0.15, 0.2) is 5.58 Å². The van der Waals surface area contributed by atoms with Crippen LogP contribution in [0.1, 0.15) is 17.4 Å². The normalized spacial score (nSPS) is 12.4. The maximum Gasteiger partial charge on any atom is 0.296 e. The summed E-state index contributed by atoms with van der Waals surface area (Å²) in [4.78, 5) is 8.98. The third kappa shape index (κ3) is 2.57. The number of aromatic nitrogens is 3. The summed E-state index contributed by atoms with van der Waals surface area (Å²) in [5.74, 6) is 0.901. The van der Waals surface area contributed by atoms with E-state index in [4.69, 9.17) is 4.42 Å². The van der Waals surface area contributed by atoms with Crippen molar-refractivity contribution < 1.29 is 4.42 Å². The molecule has 0 aliphatic heterocycles. The van der Waals surface area contributed by atoms with Crippen LogP contribution in [0.15, 0.2) is 71.4 Å². The van der Waals surface area contributed by atoms with Gasteiger partial charge < -0.3 is 14.3 Å². The van der Waals surface area contributed by atoms with Gasteiger partial charge in [0.2, 0.25) is 0 Å². The molecule has 4 aromatic rings. The number of hydrogen-bond donors (Lipinski definition) is 1. The second-order valence-electron chi connectivity index (χ2n) is 5.37. The molecule has 0 aliphatic carbocycles. The summed E-state index contributed by atoms with van der Waals surface area (Å²) in [5.41, 5.74) is 2.70. The third-order valence-electron chi connectivity index (χ3n) is 3.81. The maximum absolute atomic E-state index is 5.80. The summed E-state index contributed by atoms with van der Waals surface area (Å²) >= 11 is 0. The van der Waals surface area contributed by atoms with Gasteiger partial charge in [0.05, 0.1) is 0 Å². The number of nitrogens with one attached hydrogen (secondary N) is 1. The van der Waals surface area contributed by atoms with E-state index in [2.05, 4.69) is 27.4 Å². The fourth-order valence-corrected chi connectivity index (χ4v) is 2.66. The van der Waals surface area contributed by atoms with Crippen LogP contribution in [0.25, 0.3) is 11.1 Å². The quantitative estimate of drug-likeness (QED) is 0.623. The highest BCUT2D eigenvalue weighted by atomic mass is 16.4. The molecule has 0 saturated carbocycles. The number of fused-ring (bicyclic) bond motifs is 1. The first-order chi connectivity index (χ1) is 11.3. The molecule has 114 valence electrons. The lowest BCUT2D eigenvalue weighted by Gasteiger charge is -2.17. The van der Waals surface area contributed by atoms with Crippen molar-refractivity contribution in [2.75, 3.05) is 5.32 Å². The van der Waals surface area contributed by atoms with E-state index in [1.54, 1.807) is 6.20 Å². The highest BCUT2D eigenvalue weighted by Gasteiger charge is 2.20. The lowest BCUT2D eigenvalue weighted by Crippen LogP contribution is -2.16. The zero-order valence-corrected chi connectivity index (χ0v) is 12.7. The number of nitrogens with zero attached hydrogens (tertiary/aromatic N) is 3. The summed E-state index contributed by atoms with van der Waals surface area (Å²) < 4.78 is 7.79. The van der Waals surface area contributed by atoms with Gasteiger partial charge in [0, 0.05) is 19.4 Å². The number of hydrogen-bond acceptors (Lipinski definition) is 4. The van der Waals surface area contributed by atoms with Gasteiger partial charge in [-0.25, -0.2) is 4.98 Å². The highest BCUT2D eigenvalue weighted by Crippen LogP contribution is 2.27. The SMILES string of the molecule is Cn1ccnc1[C@@H](Nc1nc2ccccc2o1)c1ccccc1. The molecular formula is C18H16N4O. The molecule has 1 atom stereocenters. The second kappa shape index (κ2) is 5.61. The molecule has 4 rings (SSSR count). The van der Waals surface area contributed by atoms with E-state index in [-0.39, 0.29) is 6.04 Å². The van der Waals surface area contributed by atoms with Gasteiger partial charge in [0.1, 0.15) is 17.4 Å². The van der Waals surface area contributed by atoms with Crippen LogP contribution in [0.2, 0.25) is 0 Å². The zero-order valence-electron chi connectivity index (χ0n) is 12.7. The summed E-state index contributed by atoms with van der Waals surface area (Å²) in [6, 6.07) is 18.2. The van der Waals surface area contributed by atoms with E-state index in [1.807, 2.05) is 60.3 Å². The van der Waals surface area contributed by atoms with E-state index >= 15 is 0 Å². The molecule has 2 aromatic heterocycles. The van der Waals surface area contributed by atoms with Crippen LogP contribution in [0.5, 0.6) is 0 Å². The van der Waals surface area contributed by atoms with Crippen molar-refractivity contribution in [1.29, 1.82) is 0 Å². The van der Waals surface area contributed by atoms with Gasteiger partial charge >= 0.3 is 0 Å². The summed E-state index contributed by atoms with van der Waals surface area (Å²) in [7, 11) is 1.98. The Morgan fingerprint density at radius 1 is 1.04 bits per heavy atom. The van der Waals surface area contributed by atoms with E-state index in [0.717, 1.165) is 22.5 Å². The third-order valence-corrected chi connectivity index (χ3v) is 3.81. The monoisotopic (exact) mass is 304 g/mol. The van der Waals surface area contributed by atoms with Crippen molar-refractivity contribution in [2.45, 2.75) is 6.04 Å². The molecule has 0 aliphatic rings. The first kappa shape index (κ1) is 13.6. The molecule has 5 heteroatoms. The molecule has 0 spiro atoms. The minimum absolute atomic E-state index is 0.135. The van der Waals surface area contributed by atoms with Crippen LogP contribution < -0.4 is 5.32 Å². The predicted molar refractivity (Wildman–Crippen MR) is 89.1 cm³/mol. The molecule has 0 amide bonds. The fraction of sp³-hybridized carbons (Fsp3) is 0.111. The largest absolute Gasteiger partial charge is 0.424 e. The van der Waals surface area contributed by atoms with E-state index < -0.39 is 0 Å². The average Bonchev–Trinajstić information content (AvgIpc) is 3.19. The van der Waals surface area contributed by atoms with Gasteiger partial charge in [-0.3, -0.25) is 0 Å². The number of para-hydroxylation sites is 2. The Balaban J connectivity index is 1.75. The molecule has 1 N–H and O–H groups in total. The average molecular weight is 304 g/mol. The van der Waals surface area contributed by atoms with E-state index in [1.165, 1.54) is 0 Å². The molecular weight excluding hydrogens is 288 g/mol. The molecule has 0 saturated heterocycles. The fourth-order valence-electron chi connectivity index (χ4n) is 2.66. The standard InChI is InChI=1S/C18H16N4O/c1-22-12-11-19-17(22)16(13-7-3-2-4-8-13)21-18-20-14-9-5-6-10-15(14)23-18/h2-12,16H,1H3,(H,20,21)/t16-/m0/s1. The summed E-state index contributed by atoms with van der Waals surface area (Å²) in [6.45, 7) is 0. The lowest BCUT2D eigenvalue weighted by molar-refractivity contribution is 0.600. The lowest BCUT2D eigenvalue weighted by atomic mass is 10.1. The molecule has 0 unspecified atom stereocenters. The van der Waals surface area contributed by atoms with E-state index in [9.17, 15) is 0 Å². The Morgan fingerprint density at radius 3 is 2.57 bits per heavy atom. The van der Waals surface area contributed by atoms with Gasteiger partial charge in [-0.05, 0) is 17.7 Å². The van der Waals surface area contributed by atoms with Crippen LogP contribution in [0, 0.1) is 0 Å². The molecule has 2 aromatic carbocycles. The minimum Gasteiger partial charge on any atom is -0.424 e. The number of oxazole rings is 1. The van der Waals surface area contributed by atoms with Crippen LogP contribution in [-0.4, -0.2) is 14.5 Å². The number of benzene rings is 2. The molecule has 0 radical (unpaired) electrons. The highest BCUT2D eigenvalue weighted by molar-refractivity contribution is 5.74. The Morgan fingerprint density at radius 2 is 1.83 bits per heavy atom. The van der Waals surface area contributed by atoms with Crippen molar-refractivity contribution in [1.82, 2.24) is 14.5 Å². The molecule has 0 fully saturated rings. The first-order valence-corrected chi connectivity index (χ1v) is 7.45. The second-order valence-corrected chi connectivity index (χ2v) is 5.37. The van der Waals surface area contributed by atoms with Crippen molar-refractivity contribution in [3.63, 3.8) is 0 Å². The predicted octanol–water partition coefficient (Wildman–Crippen LogP) is 3.76. The summed E-state index contributed by atoms with van der Waals surface area (Å²) in [6.07, 6.45) is 3.72. The number of aryl methyl sites for hydroxylation is 1. The molecule has 23 heavy (non-hydrogen) atoms. The smallest absolute Gasteiger partial charge is 0.296 e. The molecule has 0 bridgehead atoms. The van der Waals surface area contributed by atoms with Crippen molar-refractivity contribution in [3.8, 4) is 0 Å². The first-order valence-electron chi connectivity index (χ1n) is 7.45. The maximum atomic E-state index is 5.80. The summed E-state index contributed by atoms with van der Waals surface area (Å²) in [5, 5.41) is 3.37. The van der Waals surface area contributed by atoms with Crippen LogP contribution >= 0.6 is 0 Å². The van der Waals surface area contributed by atoms with Crippen LogP contribution in [-0.2, 0) is 7.05 Å². The Kier molecular flexibility index (Phi) is 3.31. The van der Waals surface area contributed by atoms with Crippen LogP contribution in [0.3, 0.4) is 0 Å². The van der Waals surface area contributed by atoms with Crippen LogP contribution in [0.4, 0.5) is 6.01 Å². The van der Waals surface area contributed by atoms with E-state index in [0.29, 0.717) is 6.01 Å². The molecule has 2 heterocycles. The number of imidazole rings is 1. The Hall–Kier alpha value is -3.08. The number of rotatable bonds is 4. The van der Waals surface area contributed by atoms with Gasteiger partial charge in [-0.2, -0.15) is 4.98 Å². The van der Waals surface area contributed by atoms with Gasteiger partial charge in [0.25, 0.3) is 6.01 Å². The topological polar surface area (TPSA) is 55.9 Å². The van der Waals surface area contributed by atoms with Crippen molar-refractivity contribution in [3.05, 3.63) is 78.4 Å². The number of anilines is 1. The van der Waals surface area contributed by atoms with Crippen molar-refractivity contribution >= 4 is 17.1 Å². The van der Waals surface area contributed by atoms with Gasteiger partial charge in [-0.1, -0.05) is 42.5 Å². The minimum atomic E-state index is -0.135. The van der Waals surface area contributed by atoms with Crippen molar-refractivity contribution in [2.24, 2.45) is 7.05 Å². The zero-order chi connectivity index (χ0) is 15.6. The Bertz CT molecular complexity index is 893. The van der Waals surface area contributed by atoms with Gasteiger partial charge in [-0.15, -0.1) is 0 Å². The molecule has 5 nitrogen and oxygen atoms in total. The Labute approximate surface area is 133 Å².